The highest BCUT2D eigenvalue weighted by atomic mass is 31.1. The van der Waals surface area contributed by atoms with Gasteiger partial charge >= 0.3 is 0 Å². The van der Waals surface area contributed by atoms with E-state index in [1.807, 2.05) is 30.3 Å². The molecule has 0 amide bonds. The monoisotopic (exact) mass is 312 g/mol. The fourth-order valence-electron chi connectivity index (χ4n) is 2.17. The fourth-order valence-corrected chi connectivity index (χ4v) is 3.13. The molecule has 2 atom stereocenters. The summed E-state index contributed by atoms with van der Waals surface area (Å²) in [4.78, 5) is 11.7. The van der Waals surface area contributed by atoms with Gasteiger partial charge in [0, 0.05) is 13.7 Å². The Bertz CT molecular complexity index is 435. The van der Waals surface area contributed by atoms with Crippen LogP contribution >= 0.6 is 8.03 Å². The van der Waals surface area contributed by atoms with Gasteiger partial charge in [0.2, 0.25) is 0 Å². The van der Waals surface area contributed by atoms with Crippen molar-refractivity contribution in [3.8, 4) is 0 Å². The molecule has 0 radical (unpaired) electrons. The zero-order chi connectivity index (χ0) is 15.6. The molecule has 2 unspecified atom stereocenters. The Kier molecular flexibility index (Phi) is 8.51. The van der Waals surface area contributed by atoms with Crippen LogP contribution < -0.4 is 0 Å². The van der Waals surface area contributed by atoms with Gasteiger partial charge in [0.05, 0.1) is 6.16 Å². The third kappa shape index (κ3) is 5.74. The molecule has 4 nitrogen and oxygen atoms in total. The third-order valence-corrected chi connectivity index (χ3v) is 4.71. The number of aldehydes is 1. The molecule has 118 valence electrons. The highest BCUT2D eigenvalue weighted by molar-refractivity contribution is 7.39. The van der Waals surface area contributed by atoms with E-state index in [9.17, 15) is 9.36 Å². The Hall–Kier alpha value is -0.960. The van der Waals surface area contributed by atoms with Crippen LogP contribution in [0, 0.1) is 0 Å². The average molecular weight is 312 g/mol. The van der Waals surface area contributed by atoms with Crippen molar-refractivity contribution in [2.75, 3.05) is 19.9 Å². The van der Waals surface area contributed by atoms with Crippen LogP contribution in [0.5, 0.6) is 0 Å². The van der Waals surface area contributed by atoms with Gasteiger partial charge in [-0.05, 0) is 12.0 Å². The van der Waals surface area contributed by atoms with Crippen LogP contribution in [-0.4, -0.2) is 26.2 Å². The molecule has 0 aliphatic heterocycles. The second-order valence-electron chi connectivity index (χ2n) is 5.04. The highest BCUT2D eigenvalue weighted by Gasteiger charge is 2.35. The van der Waals surface area contributed by atoms with Gasteiger partial charge in [-0.1, -0.05) is 56.5 Å². The lowest BCUT2D eigenvalue weighted by atomic mass is 9.97. The van der Waals surface area contributed by atoms with E-state index in [1.165, 1.54) is 7.11 Å². The summed E-state index contributed by atoms with van der Waals surface area (Å²) >= 11 is 0. The summed E-state index contributed by atoms with van der Waals surface area (Å²) in [5.41, 5.74) is -0.439. The van der Waals surface area contributed by atoms with Gasteiger partial charge in [-0.25, -0.2) is 0 Å². The van der Waals surface area contributed by atoms with Gasteiger partial charge in [0.25, 0.3) is 0 Å². The summed E-state index contributed by atoms with van der Waals surface area (Å²) in [7, 11) is -0.905. The lowest BCUT2D eigenvalue weighted by Gasteiger charge is -2.28. The van der Waals surface area contributed by atoms with Crippen LogP contribution in [0.4, 0.5) is 0 Å². The average Bonchev–Trinajstić information content (AvgIpc) is 2.54. The van der Waals surface area contributed by atoms with Crippen molar-refractivity contribution in [2.24, 2.45) is 0 Å². The molecule has 21 heavy (non-hydrogen) atoms. The molecular weight excluding hydrogens is 287 g/mol. The minimum atomic E-state index is -2.30. The smallest absolute Gasteiger partial charge is 0.195 e. The number of unbranched alkanes of at least 4 members (excludes halogenated alkanes) is 3. The third-order valence-electron chi connectivity index (χ3n) is 3.44. The number of carbonyl (C=O) groups excluding carboxylic acids is 1. The molecule has 0 heterocycles. The minimum absolute atomic E-state index is 0.0788. The van der Waals surface area contributed by atoms with E-state index in [1.54, 1.807) is 0 Å². The van der Waals surface area contributed by atoms with E-state index in [0.29, 0.717) is 6.61 Å². The summed E-state index contributed by atoms with van der Waals surface area (Å²) in [6.45, 7) is 2.62. The largest absolute Gasteiger partial charge is 0.362 e. The zero-order valence-corrected chi connectivity index (χ0v) is 13.8. The lowest BCUT2D eigenvalue weighted by Crippen LogP contribution is -2.35. The Morgan fingerprint density at radius 1 is 1.19 bits per heavy atom. The first-order valence-electron chi connectivity index (χ1n) is 7.41. The van der Waals surface area contributed by atoms with Crippen molar-refractivity contribution in [1.82, 2.24) is 0 Å². The molecule has 5 heteroatoms. The summed E-state index contributed by atoms with van der Waals surface area (Å²) < 4.78 is 22.6. The molecule has 0 spiro atoms. The first kappa shape index (κ1) is 18.1. The molecule has 0 aliphatic rings. The van der Waals surface area contributed by atoms with Crippen molar-refractivity contribution < 1.29 is 18.6 Å². The number of carbonyl (C=O) groups is 1. The first-order chi connectivity index (χ1) is 10.2. The van der Waals surface area contributed by atoms with Gasteiger partial charge in [0.1, 0.15) is 0 Å². The Labute approximate surface area is 127 Å². The number of hydrogen-bond acceptors (Lipinski definition) is 4. The number of benzene rings is 1. The van der Waals surface area contributed by atoms with Gasteiger partial charge in [-0.3, -0.25) is 9.36 Å². The standard InChI is InChI=1S/C16H25O4P/c1-3-4-5-9-12-20-16(13-17,14-21(18)19-2)15-10-7-6-8-11-15/h6-8,10-11,13,21H,3-5,9,12,14H2,1-2H3. The molecule has 0 saturated heterocycles. The van der Waals surface area contributed by atoms with E-state index in [-0.39, 0.29) is 6.16 Å². The molecule has 1 rings (SSSR count). The van der Waals surface area contributed by atoms with Crippen LogP contribution in [0.1, 0.15) is 38.2 Å². The molecule has 1 aromatic carbocycles. The molecule has 0 bridgehead atoms. The van der Waals surface area contributed by atoms with Gasteiger partial charge in [-0.2, -0.15) is 0 Å². The van der Waals surface area contributed by atoms with E-state index < -0.39 is 13.6 Å². The van der Waals surface area contributed by atoms with Crippen LogP contribution in [0.25, 0.3) is 0 Å². The van der Waals surface area contributed by atoms with E-state index in [4.69, 9.17) is 9.26 Å². The summed E-state index contributed by atoms with van der Waals surface area (Å²) in [5.74, 6) is 0. The zero-order valence-electron chi connectivity index (χ0n) is 12.8. The maximum absolute atomic E-state index is 11.8. The lowest BCUT2D eigenvalue weighted by molar-refractivity contribution is -0.130. The van der Waals surface area contributed by atoms with Gasteiger partial charge in [-0.15, -0.1) is 0 Å². The highest BCUT2D eigenvalue weighted by Crippen LogP contribution is 2.35. The maximum Gasteiger partial charge on any atom is 0.195 e. The van der Waals surface area contributed by atoms with Crippen molar-refractivity contribution in [2.45, 2.75) is 38.2 Å². The normalized spacial score (nSPS) is 15.3. The van der Waals surface area contributed by atoms with Crippen molar-refractivity contribution in [3.05, 3.63) is 35.9 Å². The molecule has 0 aliphatic carbocycles. The number of ether oxygens (including phenoxy) is 1. The van der Waals surface area contributed by atoms with Crippen molar-refractivity contribution >= 4 is 14.3 Å². The predicted octanol–water partition coefficient (Wildman–Crippen LogP) is 3.80. The van der Waals surface area contributed by atoms with E-state index in [0.717, 1.165) is 37.5 Å². The molecule has 0 aromatic heterocycles. The van der Waals surface area contributed by atoms with Crippen LogP contribution in [0.3, 0.4) is 0 Å². The first-order valence-corrected chi connectivity index (χ1v) is 8.93. The van der Waals surface area contributed by atoms with Crippen molar-refractivity contribution in [3.63, 3.8) is 0 Å². The summed E-state index contributed by atoms with van der Waals surface area (Å²) in [5, 5.41) is 0. The fraction of sp³-hybridized carbons (Fsp3) is 0.562. The van der Waals surface area contributed by atoms with E-state index in [2.05, 4.69) is 6.92 Å². The summed E-state index contributed by atoms with van der Waals surface area (Å²) in [6, 6.07) is 9.21. The van der Waals surface area contributed by atoms with Crippen LogP contribution in [-0.2, 0) is 24.2 Å². The number of rotatable bonds is 11. The SMILES string of the molecule is CCCCCCOC(C=O)(C[PH](=O)OC)c1ccccc1. The molecule has 0 N–H and O–H groups in total. The second-order valence-corrected chi connectivity index (χ2v) is 6.54. The minimum Gasteiger partial charge on any atom is -0.362 e. The maximum atomic E-state index is 11.8. The number of hydrogen-bond donors (Lipinski definition) is 0. The van der Waals surface area contributed by atoms with Crippen LogP contribution in [0.2, 0.25) is 0 Å². The Balaban J connectivity index is 2.82. The molecular formula is C16H25O4P. The van der Waals surface area contributed by atoms with Crippen molar-refractivity contribution in [1.29, 1.82) is 0 Å². The quantitative estimate of drug-likeness (QED) is 0.354. The topological polar surface area (TPSA) is 52.6 Å². The summed E-state index contributed by atoms with van der Waals surface area (Å²) in [6.07, 6.45) is 5.09. The van der Waals surface area contributed by atoms with Gasteiger partial charge < -0.3 is 9.26 Å². The predicted molar refractivity (Wildman–Crippen MR) is 85.2 cm³/mol. The Morgan fingerprint density at radius 3 is 2.48 bits per heavy atom. The Morgan fingerprint density at radius 2 is 1.90 bits per heavy atom. The van der Waals surface area contributed by atoms with E-state index >= 15 is 0 Å². The van der Waals surface area contributed by atoms with Gasteiger partial charge in [0.15, 0.2) is 19.9 Å². The second kappa shape index (κ2) is 9.88. The molecule has 1 aromatic rings. The molecule has 0 saturated carbocycles. The van der Waals surface area contributed by atoms with Crippen LogP contribution in [0.15, 0.2) is 30.3 Å². The molecule has 0 fully saturated rings.